The Morgan fingerprint density at radius 1 is 1.62 bits per heavy atom. The van der Waals surface area contributed by atoms with Gasteiger partial charge in [0.05, 0.1) is 5.56 Å². The second-order valence-electron chi connectivity index (χ2n) is 4.27. The topological polar surface area (TPSA) is 62.2 Å². The molecule has 0 aliphatic heterocycles. The Balaban J connectivity index is 1.89. The molecule has 0 amide bonds. The number of hydrogen-bond acceptors (Lipinski definition) is 3. The molecule has 0 aromatic carbocycles. The van der Waals surface area contributed by atoms with Crippen LogP contribution in [0.4, 0.5) is 5.82 Å². The van der Waals surface area contributed by atoms with Gasteiger partial charge in [0.2, 0.25) is 0 Å². The number of anilines is 1. The van der Waals surface area contributed by atoms with Gasteiger partial charge in [0, 0.05) is 12.2 Å². The van der Waals surface area contributed by atoms with Crippen LogP contribution in [0, 0.1) is 5.92 Å². The summed E-state index contributed by atoms with van der Waals surface area (Å²) in [6.45, 7) is 2.19. The first-order valence-corrected chi connectivity index (χ1v) is 5.66. The molecular formula is C12H16N2O2. The Morgan fingerprint density at radius 2 is 2.44 bits per heavy atom. The molecule has 2 rings (SSSR count). The Bertz CT molecular complexity index is 375. The van der Waals surface area contributed by atoms with Crippen LogP contribution in [0.1, 0.15) is 36.5 Å². The van der Waals surface area contributed by atoms with Crippen molar-refractivity contribution in [3.05, 3.63) is 23.9 Å². The van der Waals surface area contributed by atoms with E-state index >= 15 is 0 Å². The molecule has 1 aromatic heterocycles. The van der Waals surface area contributed by atoms with Gasteiger partial charge >= 0.3 is 5.97 Å². The number of carbonyl (C=O) groups is 1. The summed E-state index contributed by atoms with van der Waals surface area (Å²) >= 11 is 0. The standard InChI is InChI=1S/C12H16N2O2/c1-2-3-8-6-10(8)14-11-5-4-9(7-13-11)12(15)16/h4-5,7-8,10H,2-3,6H2,1H3,(H,13,14)(H,15,16). The second kappa shape index (κ2) is 4.51. The first-order valence-electron chi connectivity index (χ1n) is 5.66. The number of rotatable bonds is 5. The van der Waals surface area contributed by atoms with E-state index in [2.05, 4.69) is 17.2 Å². The van der Waals surface area contributed by atoms with Gasteiger partial charge in [0.25, 0.3) is 0 Å². The number of nitrogens with one attached hydrogen (secondary N) is 1. The van der Waals surface area contributed by atoms with Crippen molar-refractivity contribution >= 4 is 11.8 Å². The van der Waals surface area contributed by atoms with Gasteiger partial charge in [0.15, 0.2) is 0 Å². The Labute approximate surface area is 94.7 Å². The van der Waals surface area contributed by atoms with E-state index in [1.165, 1.54) is 25.5 Å². The summed E-state index contributed by atoms with van der Waals surface area (Å²) in [6.07, 6.45) is 5.07. The van der Waals surface area contributed by atoms with Gasteiger partial charge in [-0.05, 0) is 30.9 Å². The maximum absolute atomic E-state index is 10.6. The van der Waals surface area contributed by atoms with Crippen LogP contribution in [0.15, 0.2) is 18.3 Å². The molecule has 1 aliphatic carbocycles. The van der Waals surface area contributed by atoms with E-state index in [0.717, 1.165) is 11.7 Å². The van der Waals surface area contributed by atoms with Crippen molar-refractivity contribution in [1.82, 2.24) is 4.98 Å². The SMILES string of the molecule is CCCC1CC1Nc1ccc(C(=O)O)cn1. The van der Waals surface area contributed by atoms with Gasteiger partial charge in [-0.25, -0.2) is 9.78 Å². The largest absolute Gasteiger partial charge is 0.478 e. The fourth-order valence-electron chi connectivity index (χ4n) is 1.91. The van der Waals surface area contributed by atoms with Crippen LogP contribution in [0.5, 0.6) is 0 Å². The first-order chi connectivity index (χ1) is 7.70. The molecule has 1 aliphatic rings. The number of aromatic carboxylic acids is 1. The predicted octanol–water partition coefficient (Wildman–Crippen LogP) is 2.38. The third-order valence-electron chi connectivity index (χ3n) is 2.93. The summed E-state index contributed by atoms with van der Waals surface area (Å²) in [4.78, 5) is 14.7. The summed E-state index contributed by atoms with van der Waals surface area (Å²) in [5, 5.41) is 12.0. The summed E-state index contributed by atoms with van der Waals surface area (Å²) in [5.74, 6) is 0.605. The van der Waals surface area contributed by atoms with Crippen molar-refractivity contribution in [3.8, 4) is 0 Å². The van der Waals surface area contributed by atoms with E-state index in [1.54, 1.807) is 12.1 Å². The molecule has 0 bridgehead atoms. The summed E-state index contributed by atoms with van der Waals surface area (Å²) in [5.41, 5.74) is 0.228. The molecule has 1 heterocycles. The molecule has 0 saturated heterocycles. The van der Waals surface area contributed by atoms with Crippen molar-refractivity contribution < 1.29 is 9.90 Å². The molecule has 1 fully saturated rings. The Morgan fingerprint density at radius 3 is 3.00 bits per heavy atom. The highest BCUT2D eigenvalue weighted by Crippen LogP contribution is 2.36. The first kappa shape index (κ1) is 10.9. The number of carboxylic acids is 1. The molecule has 0 spiro atoms. The summed E-state index contributed by atoms with van der Waals surface area (Å²) in [7, 11) is 0. The lowest BCUT2D eigenvalue weighted by atomic mass is 10.2. The third kappa shape index (κ3) is 2.51. The fourth-order valence-corrected chi connectivity index (χ4v) is 1.91. The normalized spacial score (nSPS) is 22.8. The van der Waals surface area contributed by atoms with Gasteiger partial charge in [-0.15, -0.1) is 0 Å². The number of carboxylic acid groups (broad SMARTS) is 1. The second-order valence-corrected chi connectivity index (χ2v) is 4.27. The number of nitrogens with zero attached hydrogens (tertiary/aromatic N) is 1. The van der Waals surface area contributed by atoms with Gasteiger partial charge in [0.1, 0.15) is 5.82 Å². The van der Waals surface area contributed by atoms with Crippen LogP contribution in [-0.4, -0.2) is 22.1 Å². The van der Waals surface area contributed by atoms with Crippen LogP contribution in [0.2, 0.25) is 0 Å². The van der Waals surface area contributed by atoms with Crippen molar-refractivity contribution in [2.24, 2.45) is 5.92 Å². The van der Waals surface area contributed by atoms with E-state index in [4.69, 9.17) is 5.11 Å². The van der Waals surface area contributed by atoms with Crippen molar-refractivity contribution in [1.29, 1.82) is 0 Å². The van der Waals surface area contributed by atoms with E-state index in [9.17, 15) is 4.79 Å². The van der Waals surface area contributed by atoms with Crippen LogP contribution < -0.4 is 5.32 Å². The Kier molecular flexibility index (Phi) is 3.08. The zero-order valence-corrected chi connectivity index (χ0v) is 9.31. The predicted molar refractivity (Wildman–Crippen MR) is 61.6 cm³/mol. The third-order valence-corrected chi connectivity index (χ3v) is 2.93. The van der Waals surface area contributed by atoms with E-state index in [0.29, 0.717) is 6.04 Å². The zero-order valence-electron chi connectivity index (χ0n) is 9.31. The van der Waals surface area contributed by atoms with Crippen LogP contribution in [-0.2, 0) is 0 Å². The van der Waals surface area contributed by atoms with Crippen LogP contribution in [0.25, 0.3) is 0 Å². The van der Waals surface area contributed by atoms with Crippen molar-refractivity contribution in [2.75, 3.05) is 5.32 Å². The van der Waals surface area contributed by atoms with Gasteiger partial charge in [-0.1, -0.05) is 13.3 Å². The van der Waals surface area contributed by atoms with Crippen LogP contribution in [0.3, 0.4) is 0 Å². The molecule has 2 atom stereocenters. The number of aromatic nitrogens is 1. The summed E-state index contributed by atoms with van der Waals surface area (Å²) < 4.78 is 0. The smallest absolute Gasteiger partial charge is 0.337 e. The van der Waals surface area contributed by atoms with Gasteiger partial charge in [-0.3, -0.25) is 0 Å². The minimum absolute atomic E-state index is 0.228. The number of hydrogen-bond donors (Lipinski definition) is 2. The minimum Gasteiger partial charge on any atom is -0.478 e. The molecule has 16 heavy (non-hydrogen) atoms. The van der Waals surface area contributed by atoms with Crippen molar-refractivity contribution in [3.63, 3.8) is 0 Å². The molecule has 1 aromatic rings. The molecule has 0 radical (unpaired) electrons. The van der Waals surface area contributed by atoms with E-state index < -0.39 is 5.97 Å². The molecule has 2 N–H and O–H groups in total. The number of pyridine rings is 1. The average Bonchev–Trinajstić information content (AvgIpc) is 2.98. The molecule has 1 saturated carbocycles. The Hall–Kier alpha value is -1.58. The van der Waals surface area contributed by atoms with E-state index in [1.807, 2.05) is 0 Å². The summed E-state index contributed by atoms with van der Waals surface area (Å²) in [6, 6.07) is 3.84. The zero-order chi connectivity index (χ0) is 11.5. The van der Waals surface area contributed by atoms with Crippen LogP contribution >= 0.6 is 0 Å². The van der Waals surface area contributed by atoms with Crippen molar-refractivity contribution in [2.45, 2.75) is 32.2 Å². The van der Waals surface area contributed by atoms with Gasteiger partial charge < -0.3 is 10.4 Å². The fraction of sp³-hybridized carbons (Fsp3) is 0.500. The maximum Gasteiger partial charge on any atom is 0.337 e. The molecule has 4 heteroatoms. The molecule has 2 unspecified atom stereocenters. The highest BCUT2D eigenvalue weighted by Gasteiger charge is 2.35. The molecular weight excluding hydrogens is 204 g/mol. The highest BCUT2D eigenvalue weighted by molar-refractivity contribution is 5.87. The minimum atomic E-state index is -0.936. The molecule has 4 nitrogen and oxygen atoms in total. The average molecular weight is 220 g/mol. The lowest BCUT2D eigenvalue weighted by molar-refractivity contribution is 0.0696. The quantitative estimate of drug-likeness (QED) is 0.799. The van der Waals surface area contributed by atoms with Gasteiger partial charge in [-0.2, -0.15) is 0 Å². The lowest BCUT2D eigenvalue weighted by Gasteiger charge is -2.04. The lowest BCUT2D eigenvalue weighted by Crippen LogP contribution is -2.07. The monoisotopic (exact) mass is 220 g/mol. The maximum atomic E-state index is 10.6. The highest BCUT2D eigenvalue weighted by atomic mass is 16.4. The molecule has 86 valence electrons. The van der Waals surface area contributed by atoms with E-state index in [-0.39, 0.29) is 5.56 Å².